The molecule has 0 radical (unpaired) electrons. The summed E-state index contributed by atoms with van der Waals surface area (Å²) in [5, 5.41) is 5.25. The summed E-state index contributed by atoms with van der Waals surface area (Å²) in [6, 6.07) is 11.4. The molecule has 0 aliphatic carbocycles. The van der Waals surface area contributed by atoms with Crippen molar-refractivity contribution in [2.24, 2.45) is 0 Å². The van der Waals surface area contributed by atoms with Crippen LogP contribution in [0.5, 0.6) is 11.5 Å². The number of hydrogen-bond donors (Lipinski definition) is 0. The molecule has 5 rings (SSSR count). The van der Waals surface area contributed by atoms with Gasteiger partial charge < -0.3 is 18.8 Å². The van der Waals surface area contributed by atoms with Crippen molar-refractivity contribution in [1.29, 1.82) is 0 Å². The van der Waals surface area contributed by atoms with Gasteiger partial charge in [0, 0.05) is 42.4 Å². The monoisotopic (exact) mass is 452 g/mol. The minimum atomic E-state index is -0.295. The molecule has 2 saturated heterocycles. The molecule has 7 heteroatoms. The first kappa shape index (κ1) is 21.9. The van der Waals surface area contributed by atoms with Crippen LogP contribution in [0.4, 0.5) is 4.39 Å². The van der Waals surface area contributed by atoms with Crippen LogP contribution in [0.25, 0.3) is 11.0 Å². The zero-order chi connectivity index (χ0) is 22.8. The molecule has 2 aliphatic rings. The lowest BCUT2D eigenvalue weighted by atomic mass is 9.86. The number of piperidine rings is 1. The van der Waals surface area contributed by atoms with Crippen molar-refractivity contribution in [3.05, 3.63) is 53.5 Å². The predicted molar refractivity (Wildman–Crippen MR) is 122 cm³/mol. The van der Waals surface area contributed by atoms with E-state index in [-0.39, 0.29) is 5.82 Å². The average molecular weight is 453 g/mol. The second-order valence-electron chi connectivity index (χ2n) is 9.06. The van der Waals surface area contributed by atoms with Crippen LogP contribution in [0.15, 0.2) is 40.9 Å². The largest absolute Gasteiger partial charge is 0.493 e. The number of methoxy groups -OCH3 is 1. The number of carbonyl (C=O) groups excluding carboxylic acids is 1. The van der Waals surface area contributed by atoms with Gasteiger partial charge in [-0.1, -0.05) is 11.2 Å². The molecule has 1 aromatic heterocycles. The highest BCUT2D eigenvalue weighted by atomic mass is 19.1. The van der Waals surface area contributed by atoms with Crippen LogP contribution in [-0.2, 0) is 11.2 Å². The quantitative estimate of drug-likeness (QED) is 0.340. The topological polar surface area (TPSA) is 64.8 Å². The van der Waals surface area contributed by atoms with E-state index in [2.05, 4.69) is 10.1 Å². The van der Waals surface area contributed by atoms with Gasteiger partial charge in [-0.05, 0) is 61.9 Å². The smallest absolute Gasteiger partial charge is 0.170 e. The Morgan fingerprint density at radius 3 is 2.73 bits per heavy atom. The van der Waals surface area contributed by atoms with Crippen molar-refractivity contribution < 1.29 is 23.2 Å². The van der Waals surface area contributed by atoms with E-state index >= 15 is 0 Å². The van der Waals surface area contributed by atoms with Gasteiger partial charge >= 0.3 is 0 Å². The van der Waals surface area contributed by atoms with E-state index in [0.717, 1.165) is 48.7 Å². The summed E-state index contributed by atoms with van der Waals surface area (Å²) in [6.45, 7) is 1.61. The summed E-state index contributed by atoms with van der Waals surface area (Å²) in [4.78, 5) is 13.4. The lowest BCUT2D eigenvalue weighted by Gasteiger charge is -2.38. The maximum atomic E-state index is 13.5. The minimum Gasteiger partial charge on any atom is -0.493 e. The van der Waals surface area contributed by atoms with Crippen molar-refractivity contribution in [1.82, 2.24) is 10.1 Å². The van der Waals surface area contributed by atoms with Gasteiger partial charge in [-0.3, -0.25) is 4.90 Å². The van der Waals surface area contributed by atoms with E-state index in [9.17, 15) is 9.18 Å². The molecular formula is C26H29FN2O4. The molecule has 2 unspecified atom stereocenters. The highest BCUT2D eigenvalue weighted by Gasteiger charge is 2.41. The first-order chi connectivity index (χ1) is 16.2. The fraction of sp³-hybridized carbons (Fsp3) is 0.462. The lowest BCUT2D eigenvalue weighted by molar-refractivity contribution is -0.107. The van der Waals surface area contributed by atoms with Gasteiger partial charge in [0.15, 0.2) is 17.1 Å². The zero-order valence-corrected chi connectivity index (χ0v) is 18.8. The number of halogens is 1. The van der Waals surface area contributed by atoms with Crippen LogP contribution in [0.2, 0.25) is 0 Å². The fourth-order valence-corrected chi connectivity index (χ4v) is 5.57. The standard InChI is InChI=1S/C26H29FN2O4/c1-31-25-13-17(9-11-30)3-8-23(25)32-12-2-10-29-20-5-6-21(29)15-18(14-20)26-22-7-4-19(27)16-24(22)33-28-26/h3-4,7-8,11,13,16,18,20-21H,2,5-6,9-10,12,14-15H2,1H3. The third kappa shape index (κ3) is 4.47. The summed E-state index contributed by atoms with van der Waals surface area (Å²) >= 11 is 0. The molecule has 174 valence electrons. The average Bonchev–Trinajstić information content (AvgIpc) is 3.33. The van der Waals surface area contributed by atoms with Crippen molar-refractivity contribution in [2.75, 3.05) is 20.3 Å². The van der Waals surface area contributed by atoms with E-state index in [1.54, 1.807) is 13.2 Å². The molecule has 3 aromatic rings. The van der Waals surface area contributed by atoms with Gasteiger partial charge in [-0.2, -0.15) is 0 Å². The van der Waals surface area contributed by atoms with Crippen LogP contribution in [-0.4, -0.2) is 48.7 Å². The normalized spacial score (nSPS) is 22.5. The molecule has 2 aromatic carbocycles. The number of benzene rings is 2. The van der Waals surface area contributed by atoms with Gasteiger partial charge in [0.2, 0.25) is 0 Å². The van der Waals surface area contributed by atoms with Crippen LogP contribution in [0.3, 0.4) is 0 Å². The van der Waals surface area contributed by atoms with Gasteiger partial charge in [-0.15, -0.1) is 0 Å². The highest BCUT2D eigenvalue weighted by Crippen LogP contribution is 2.44. The van der Waals surface area contributed by atoms with Crippen molar-refractivity contribution in [2.45, 2.75) is 56.5 Å². The van der Waals surface area contributed by atoms with Gasteiger partial charge in [0.05, 0.1) is 19.4 Å². The molecule has 6 nitrogen and oxygen atoms in total. The number of hydrogen-bond acceptors (Lipinski definition) is 6. The number of aldehydes is 1. The Hall–Kier alpha value is -2.93. The van der Waals surface area contributed by atoms with Crippen molar-refractivity contribution >= 4 is 17.3 Å². The summed E-state index contributed by atoms with van der Waals surface area (Å²) in [5.74, 6) is 1.44. The number of carbonyl (C=O) groups is 1. The summed E-state index contributed by atoms with van der Waals surface area (Å²) in [6.07, 6.45) is 6.72. The Kier molecular flexibility index (Phi) is 6.31. The molecule has 2 fully saturated rings. The van der Waals surface area contributed by atoms with E-state index in [1.165, 1.54) is 25.0 Å². The maximum absolute atomic E-state index is 13.5. The van der Waals surface area contributed by atoms with Crippen LogP contribution in [0, 0.1) is 5.82 Å². The maximum Gasteiger partial charge on any atom is 0.170 e. The van der Waals surface area contributed by atoms with E-state index < -0.39 is 0 Å². The van der Waals surface area contributed by atoms with Crippen LogP contribution < -0.4 is 9.47 Å². The van der Waals surface area contributed by atoms with E-state index in [1.807, 2.05) is 18.2 Å². The highest BCUT2D eigenvalue weighted by molar-refractivity contribution is 5.80. The number of aromatic nitrogens is 1. The lowest BCUT2D eigenvalue weighted by Crippen LogP contribution is -2.43. The van der Waals surface area contributed by atoms with Crippen LogP contribution in [0.1, 0.15) is 49.3 Å². The second-order valence-corrected chi connectivity index (χ2v) is 9.06. The predicted octanol–water partition coefficient (Wildman–Crippen LogP) is 4.90. The van der Waals surface area contributed by atoms with E-state index in [4.69, 9.17) is 14.0 Å². The summed E-state index contributed by atoms with van der Waals surface area (Å²) in [7, 11) is 1.61. The van der Waals surface area contributed by atoms with E-state index in [0.29, 0.717) is 48.1 Å². The molecule has 33 heavy (non-hydrogen) atoms. The summed E-state index contributed by atoms with van der Waals surface area (Å²) < 4.78 is 30.3. The van der Waals surface area contributed by atoms with Crippen LogP contribution >= 0.6 is 0 Å². The molecule has 2 aliphatic heterocycles. The molecule has 2 atom stereocenters. The molecule has 3 heterocycles. The summed E-state index contributed by atoms with van der Waals surface area (Å²) in [5.41, 5.74) is 2.43. The Balaban J connectivity index is 1.16. The van der Waals surface area contributed by atoms with Gasteiger partial charge in [-0.25, -0.2) is 4.39 Å². The number of fused-ring (bicyclic) bond motifs is 3. The molecule has 0 saturated carbocycles. The Morgan fingerprint density at radius 1 is 1.15 bits per heavy atom. The Morgan fingerprint density at radius 2 is 1.97 bits per heavy atom. The molecular weight excluding hydrogens is 423 g/mol. The third-order valence-electron chi connectivity index (χ3n) is 7.10. The molecule has 0 spiro atoms. The Bertz CT molecular complexity index is 1120. The fourth-order valence-electron chi connectivity index (χ4n) is 5.57. The van der Waals surface area contributed by atoms with Gasteiger partial charge in [0.25, 0.3) is 0 Å². The minimum absolute atomic E-state index is 0.295. The molecule has 0 N–H and O–H groups in total. The van der Waals surface area contributed by atoms with Crippen molar-refractivity contribution in [3.63, 3.8) is 0 Å². The number of rotatable bonds is 9. The van der Waals surface area contributed by atoms with Crippen molar-refractivity contribution in [3.8, 4) is 11.5 Å². The zero-order valence-electron chi connectivity index (χ0n) is 18.8. The van der Waals surface area contributed by atoms with Gasteiger partial charge in [0.1, 0.15) is 12.1 Å². The SMILES string of the molecule is COc1cc(CC=O)ccc1OCCCN1C2CCC1CC(c1noc3cc(F)ccc13)C2. The molecule has 0 amide bonds. The second kappa shape index (κ2) is 9.51. The third-order valence-corrected chi connectivity index (χ3v) is 7.10. The molecule has 2 bridgehead atoms. The number of nitrogens with zero attached hydrogens (tertiary/aromatic N) is 2. The number of ether oxygens (including phenoxy) is 2. The Labute approximate surface area is 192 Å². The first-order valence-corrected chi connectivity index (χ1v) is 11.7. The first-order valence-electron chi connectivity index (χ1n) is 11.7.